The number of hydrogen-bond donors (Lipinski definition) is 2. The van der Waals surface area contributed by atoms with E-state index < -0.39 is 6.04 Å². The van der Waals surface area contributed by atoms with Gasteiger partial charge >= 0.3 is 0 Å². The van der Waals surface area contributed by atoms with E-state index in [-0.39, 0.29) is 23.1 Å². The predicted molar refractivity (Wildman–Crippen MR) is 126 cm³/mol. The molecule has 0 radical (unpaired) electrons. The van der Waals surface area contributed by atoms with Crippen molar-refractivity contribution in [3.05, 3.63) is 53.6 Å². The number of carbonyl (C=O) groups excluding carboxylic acids is 2. The molecule has 0 saturated carbocycles. The van der Waals surface area contributed by atoms with E-state index in [2.05, 4.69) is 36.4 Å². The highest BCUT2D eigenvalue weighted by Crippen LogP contribution is 2.29. The number of nitrogens with one attached hydrogen (secondary N) is 2. The number of anilines is 1. The van der Waals surface area contributed by atoms with Crippen molar-refractivity contribution in [3.63, 3.8) is 0 Å². The third-order valence-electron chi connectivity index (χ3n) is 5.07. The highest BCUT2D eigenvalue weighted by molar-refractivity contribution is 7.22. The number of nitrogens with zero attached hydrogens (tertiary/aromatic N) is 1. The fourth-order valence-electron chi connectivity index (χ4n) is 3.15. The predicted octanol–water partition coefficient (Wildman–Crippen LogP) is 5.00. The Bertz CT molecular complexity index is 1080. The number of benzene rings is 2. The largest absolute Gasteiger partial charge is 0.497 e. The molecule has 0 bridgehead atoms. The van der Waals surface area contributed by atoms with E-state index in [4.69, 9.17) is 4.74 Å². The van der Waals surface area contributed by atoms with Crippen molar-refractivity contribution in [3.8, 4) is 5.75 Å². The second-order valence-electron chi connectivity index (χ2n) is 8.86. The molecule has 3 aromatic rings. The van der Waals surface area contributed by atoms with E-state index in [1.54, 1.807) is 19.2 Å². The summed E-state index contributed by atoms with van der Waals surface area (Å²) in [4.78, 5) is 30.2. The fourth-order valence-corrected chi connectivity index (χ4v) is 4.05. The maximum atomic E-state index is 12.9. The minimum absolute atomic E-state index is 0.0105. The SMILES string of the molecule is COc1ccc2nc(NC(=O)C(NC(=O)c3ccc(C(C)(C)C)cc3)C(C)C)sc2c1. The number of amides is 2. The molecule has 1 aromatic heterocycles. The van der Waals surface area contributed by atoms with E-state index >= 15 is 0 Å². The quantitative estimate of drug-likeness (QED) is 0.567. The molecule has 31 heavy (non-hydrogen) atoms. The van der Waals surface area contributed by atoms with Crippen LogP contribution in [0.1, 0.15) is 50.5 Å². The van der Waals surface area contributed by atoms with Crippen molar-refractivity contribution in [2.75, 3.05) is 12.4 Å². The lowest BCUT2D eigenvalue weighted by Crippen LogP contribution is -2.47. The summed E-state index contributed by atoms with van der Waals surface area (Å²) in [6, 6.07) is 12.4. The van der Waals surface area contributed by atoms with E-state index in [9.17, 15) is 9.59 Å². The maximum absolute atomic E-state index is 12.9. The molecular formula is C24H29N3O3S. The molecule has 0 aliphatic carbocycles. The summed E-state index contributed by atoms with van der Waals surface area (Å²) in [7, 11) is 1.61. The van der Waals surface area contributed by atoms with Crippen molar-refractivity contribution in [2.45, 2.75) is 46.1 Å². The van der Waals surface area contributed by atoms with Gasteiger partial charge in [-0.25, -0.2) is 4.98 Å². The van der Waals surface area contributed by atoms with Crippen LogP contribution in [-0.2, 0) is 10.2 Å². The molecule has 1 heterocycles. The number of methoxy groups -OCH3 is 1. The van der Waals surface area contributed by atoms with Crippen molar-refractivity contribution >= 4 is 38.5 Å². The maximum Gasteiger partial charge on any atom is 0.251 e. The van der Waals surface area contributed by atoms with Crippen LogP contribution in [0.4, 0.5) is 5.13 Å². The van der Waals surface area contributed by atoms with Crippen LogP contribution in [0, 0.1) is 5.92 Å². The normalized spacial score (nSPS) is 12.6. The number of aromatic nitrogens is 1. The lowest BCUT2D eigenvalue weighted by atomic mass is 9.86. The lowest BCUT2D eigenvalue weighted by molar-refractivity contribution is -0.118. The third-order valence-corrected chi connectivity index (χ3v) is 6.01. The second kappa shape index (κ2) is 9.06. The van der Waals surface area contributed by atoms with Gasteiger partial charge in [0.15, 0.2) is 5.13 Å². The van der Waals surface area contributed by atoms with Gasteiger partial charge < -0.3 is 15.4 Å². The molecule has 2 amide bonds. The first kappa shape index (κ1) is 22.7. The summed E-state index contributed by atoms with van der Waals surface area (Å²) in [6.45, 7) is 10.2. The first-order valence-electron chi connectivity index (χ1n) is 10.3. The molecule has 164 valence electrons. The molecule has 0 saturated heterocycles. The van der Waals surface area contributed by atoms with Crippen LogP contribution in [-0.4, -0.2) is 29.9 Å². The van der Waals surface area contributed by atoms with Crippen molar-refractivity contribution in [2.24, 2.45) is 5.92 Å². The molecule has 7 heteroatoms. The fraction of sp³-hybridized carbons (Fsp3) is 0.375. The highest BCUT2D eigenvalue weighted by atomic mass is 32.1. The van der Waals surface area contributed by atoms with E-state index in [1.165, 1.54) is 11.3 Å². The van der Waals surface area contributed by atoms with Gasteiger partial charge in [0.2, 0.25) is 5.91 Å². The Morgan fingerprint density at radius 3 is 2.32 bits per heavy atom. The molecule has 1 atom stereocenters. The Morgan fingerprint density at radius 2 is 1.74 bits per heavy atom. The van der Waals surface area contributed by atoms with Crippen LogP contribution in [0.2, 0.25) is 0 Å². The number of fused-ring (bicyclic) bond motifs is 1. The molecule has 0 aliphatic heterocycles. The van der Waals surface area contributed by atoms with Gasteiger partial charge in [0.05, 0.1) is 17.3 Å². The van der Waals surface area contributed by atoms with Gasteiger partial charge in [-0.1, -0.05) is 58.1 Å². The minimum Gasteiger partial charge on any atom is -0.497 e. The average Bonchev–Trinajstić information content (AvgIpc) is 3.12. The van der Waals surface area contributed by atoms with Crippen LogP contribution < -0.4 is 15.4 Å². The van der Waals surface area contributed by atoms with Gasteiger partial charge in [-0.3, -0.25) is 9.59 Å². The van der Waals surface area contributed by atoms with Crippen LogP contribution in [0.25, 0.3) is 10.2 Å². The number of thiazole rings is 1. The Labute approximate surface area is 187 Å². The van der Waals surface area contributed by atoms with E-state index in [1.807, 2.05) is 44.2 Å². The van der Waals surface area contributed by atoms with Gasteiger partial charge in [0, 0.05) is 5.56 Å². The summed E-state index contributed by atoms with van der Waals surface area (Å²) in [5.74, 6) is 0.0788. The second-order valence-corrected chi connectivity index (χ2v) is 9.90. The molecule has 2 N–H and O–H groups in total. The van der Waals surface area contributed by atoms with E-state index in [0.717, 1.165) is 21.5 Å². The van der Waals surface area contributed by atoms with Crippen molar-refractivity contribution in [1.29, 1.82) is 0 Å². The first-order valence-corrected chi connectivity index (χ1v) is 11.1. The van der Waals surface area contributed by atoms with Crippen LogP contribution in [0.5, 0.6) is 5.75 Å². The third kappa shape index (κ3) is 5.41. The van der Waals surface area contributed by atoms with Crippen LogP contribution in [0.3, 0.4) is 0 Å². The molecule has 1 unspecified atom stereocenters. The average molecular weight is 440 g/mol. The lowest BCUT2D eigenvalue weighted by Gasteiger charge is -2.22. The zero-order valence-corrected chi connectivity index (χ0v) is 19.6. The molecule has 3 rings (SSSR count). The molecule has 6 nitrogen and oxygen atoms in total. The summed E-state index contributed by atoms with van der Waals surface area (Å²) in [5, 5.41) is 6.21. The molecule has 0 aliphatic rings. The van der Waals surface area contributed by atoms with Crippen LogP contribution in [0.15, 0.2) is 42.5 Å². The Morgan fingerprint density at radius 1 is 1.06 bits per heavy atom. The zero-order chi connectivity index (χ0) is 22.8. The molecule has 0 spiro atoms. The van der Waals surface area contributed by atoms with Gasteiger partial charge in [0.1, 0.15) is 11.8 Å². The summed E-state index contributed by atoms with van der Waals surface area (Å²) in [5.41, 5.74) is 2.47. The van der Waals surface area contributed by atoms with Crippen molar-refractivity contribution in [1.82, 2.24) is 10.3 Å². The van der Waals surface area contributed by atoms with Crippen LogP contribution >= 0.6 is 11.3 Å². The number of hydrogen-bond acceptors (Lipinski definition) is 5. The topological polar surface area (TPSA) is 80.3 Å². The summed E-state index contributed by atoms with van der Waals surface area (Å²) < 4.78 is 6.15. The van der Waals surface area contributed by atoms with Gasteiger partial charge in [-0.2, -0.15) is 0 Å². The number of carbonyl (C=O) groups is 2. The Kier molecular flexibility index (Phi) is 6.65. The summed E-state index contributed by atoms with van der Waals surface area (Å²) >= 11 is 1.37. The zero-order valence-electron chi connectivity index (χ0n) is 18.8. The smallest absolute Gasteiger partial charge is 0.251 e. The van der Waals surface area contributed by atoms with Gasteiger partial charge in [0.25, 0.3) is 5.91 Å². The monoisotopic (exact) mass is 439 g/mol. The summed E-state index contributed by atoms with van der Waals surface area (Å²) in [6.07, 6.45) is 0. The molecular weight excluding hydrogens is 410 g/mol. The molecule has 2 aromatic carbocycles. The van der Waals surface area contributed by atoms with Gasteiger partial charge in [-0.15, -0.1) is 0 Å². The van der Waals surface area contributed by atoms with Gasteiger partial charge in [-0.05, 0) is 47.2 Å². The number of ether oxygens (including phenoxy) is 1. The Balaban J connectivity index is 1.72. The van der Waals surface area contributed by atoms with Crippen molar-refractivity contribution < 1.29 is 14.3 Å². The first-order chi connectivity index (χ1) is 14.6. The molecule has 0 fully saturated rings. The number of rotatable bonds is 6. The Hall–Kier alpha value is -2.93. The highest BCUT2D eigenvalue weighted by Gasteiger charge is 2.26. The minimum atomic E-state index is -0.684. The standard InChI is InChI=1S/C24H29N3O3S/c1-14(2)20(26-21(28)15-7-9-16(10-8-15)24(3,4)5)22(29)27-23-25-18-12-11-17(30-6)13-19(18)31-23/h7-14,20H,1-6H3,(H,26,28)(H,25,27,29). The van der Waals surface area contributed by atoms with E-state index in [0.29, 0.717) is 10.7 Å².